The maximum atomic E-state index is 12.5. The number of amides is 1. The van der Waals surface area contributed by atoms with Gasteiger partial charge in [0, 0.05) is 37.0 Å². The lowest BCUT2D eigenvalue weighted by Gasteiger charge is -2.30. The molecule has 27 heavy (non-hydrogen) atoms. The molecule has 7 nitrogen and oxygen atoms in total. The van der Waals surface area contributed by atoms with E-state index in [1.807, 2.05) is 29.2 Å². The molecule has 1 saturated heterocycles. The Kier molecular flexibility index (Phi) is 4.82. The van der Waals surface area contributed by atoms with Crippen LogP contribution in [0.3, 0.4) is 0 Å². The fraction of sp³-hybridized carbons (Fsp3) is 0.300. The number of methoxy groups -OCH3 is 1. The van der Waals surface area contributed by atoms with Gasteiger partial charge in [0.15, 0.2) is 0 Å². The number of rotatable bonds is 4. The molecule has 1 aliphatic heterocycles. The van der Waals surface area contributed by atoms with Gasteiger partial charge in [-0.1, -0.05) is 6.07 Å². The number of ether oxygens (including phenoxy) is 1. The van der Waals surface area contributed by atoms with E-state index in [1.54, 1.807) is 31.6 Å². The molecule has 1 amide bonds. The summed E-state index contributed by atoms with van der Waals surface area (Å²) in [6.45, 7) is 1.32. The zero-order chi connectivity index (χ0) is 18.6. The second-order valence-electron chi connectivity index (χ2n) is 6.49. The Balaban J connectivity index is 1.41. The van der Waals surface area contributed by atoms with Crippen LogP contribution in [-0.4, -0.2) is 46.2 Å². The van der Waals surface area contributed by atoms with Crippen molar-refractivity contribution in [3.05, 3.63) is 60.2 Å². The molecule has 1 fully saturated rings. The maximum absolute atomic E-state index is 12.5. The number of hydrogen-bond donors (Lipinski definition) is 0. The van der Waals surface area contributed by atoms with Crippen LogP contribution in [0.4, 0.5) is 0 Å². The highest BCUT2D eigenvalue weighted by Crippen LogP contribution is 2.30. The van der Waals surface area contributed by atoms with Gasteiger partial charge < -0.3 is 14.1 Å². The number of carbonyl (C=O) groups excluding carboxylic acids is 1. The summed E-state index contributed by atoms with van der Waals surface area (Å²) in [4.78, 5) is 18.4. The second kappa shape index (κ2) is 7.57. The highest BCUT2D eigenvalue weighted by atomic mass is 16.5. The molecule has 4 rings (SSSR count). The molecule has 0 bridgehead atoms. The van der Waals surface area contributed by atoms with Gasteiger partial charge in [-0.2, -0.15) is 0 Å². The molecule has 0 saturated carbocycles. The van der Waals surface area contributed by atoms with E-state index in [1.165, 1.54) is 0 Å². The predicted molar refractivity (Wildman–Crippen MR) is 98.4 cm³/mol. The third-order valence-electron chi connectivity index (χ3n) is 4.80. The van der Waals surface area contributed by atoms with E-state index >= 15 is 0 Å². The lowest BCUT2D eigenvalue weighted by atomic mass is 9.96. The van der Waals surface area contributed by atoms with E-state index in [0.717, 1.165) is 24.2 Å². The summed E-state index contributed by atoms with van der Waals surface area (Å²) in [7, 11) is 1.62. The Labute approximate surface area is 157 Å². The lowest BCUT2D eigenvalue weighted by molar-refractivity contribution is 0.0706. The standard InChI is InChI=1S/C20H20N4O3/c1-26-17-6-2-4-15(12-17)19-23-22-18(27-19)14-7-10-24(11-8-14)20(25)16-5-3-9-21-13-16/h2-6,9,12-14H,7-8,10-11H2,1H3. The minimum Gasteiger partial charge on any atom is -0.497 e. The molecule has 0 N–H and O–H groups in total. The van der Waals surface area contributed by atoms with Gasteiger partial charge in [-0.15, -0.1) is 10.2 Å². The average Bonchev–Trinajstić information content (AvgIpc) is 3.24. The summed E-state index contributed by atoms with van der Waals surface area (Å²) in [5.74, 6) is 2.03. The van der Waals surface area contributed by atoms with Gasteiger partial charge in [0.1, 0.15) is 5.75 Å². The van der Waals surface area contributed by atoms with Crippen molar-refractivity contribution >= 4 is 5.91 Å². The smallest absolute Gasteiger partial charge is 0.255 e. The van der Waals surface area contributed by atoms with E-state index in [0.29, 0.717) is 30.4 Å². The second-order valence-corrected chi connectivity index (χ2v) is 6.49. The molecular weight excluding hydrogens is 344 g/mol. The molecule has 3 heterocycles. The predicted octanol–water partition coefficient (Wildman–Crippen LogP) is 3.16. The first-order valence-electron chi connectivity index (χ1n) is 8.91. The van der Waals surface area contributed by atoms with Crippen LogP contribution < -0.4 is 4.74 Å². The number of carbonyl (C=O) groups is 1. The number of likely N-dealkylation sites (tertiary alicyclic amines) is 1. The molecule has 0 atom stereocenters. The normalized spacial score (nSPS) is 14.9. The van der Waals surface area contributed by atoms with Gasteiger partial charge in [0.25, 0.3) is 5.91 Å². The Morgan fingerprint density at radius 1 is 1.19 bits per heavy atom. The van der Waals surface area contributed by atoms with Crippen LogP contribution in [0.5, 0.6) is 5.75 Å². The van der Waals surface area contributed by atoms with Gasteiger partial charge in [-0.3, -0.25) is 9.78 Å². The Morgan fingerprint density at radius 3 is 2.78 bits per heavy atom. The molecule has 1 aromatic carbocycles. The third-order valence-corrected chi connectivity index (χ3v) is 4.80. The Bertz CT molecular complexity index is 918. The van der Waals surface area contributed by atoms with Crippen LogP contribution in [0.2, 0.25) is 0 Å². The van der Waals surface area contributed by atoms with Gasteiger partial charge in [-0.25, -0.2) is 0 Å². The van der Waals surface area contributed by atoms with Crippen molar-refractivity contribution in [3.8, 4) is 17.2 Å². The van der Waals surface area contributed by atoms with Crippen molar-refractivity contribution in [1.29, 1.82) is 0 Å². The van der Waals surface area contributed by atoms with Crippen molar-refractivity contribution in [3.63, 3.8) is 0 Å². The molecule has 2 aromatic heterocycles. The van der Waals surface area contributed by atoms with Crippen molar-refractivity contribution in [1.82, 2.24) is 20.1 Å². The van der Waals surface area contributed by atoms with Crippen LogP contribution in [-0.2, 0) is 0 Å². The van der Waals surface area contributed by atoms with Gasteiger partial charge in [-0.05, 0) is 43.2 Å². The van der Waals surface area contributed by atoms with Gasteiger partial charge in [0.2, 0.25) is 11.8 Å². The van der Waals surface area contributed by atoms with Crippen LogP contribution >= 0.6 is 0 Å². The SMILES string of the molecule is COc1cccc(-c2nnc(C3CCN(C(=O)c4cccnc4)CC3)o2)c1. The number of benzene rings is 1. The van der Waals surface area contributed by atoms with Crippen molar-refractivity contribution in [2.24, 2.45) is 0 Å². The van der Waals surface area contributed by atoms with E-state index < -0.39 is 0 Å². The fourth-order valence-electron chi connectivity index (χ4n) is 3.27. The number of hydrogen-bond acceptors (Lipinski definition) is 6. The first-order valence-corrected chi connectivity index (χ1v) is 8.91. The van der Waals surface area contributed by atoms with Crippen LogP contribution in [0.15, 0.2) is 53.2 Å². The van der Waals surface area contributed by atoms with Gasteiger partial charge >= 0.3 is 0 Å². The zero-order valence-electron chi connectivity index (χ0n) is 15.0. The van der Waals surface area contributed by atoms with Crippen LogP contribution in [0.25, 0.3) is 11.5 Å². The summed E-state index contributed by atoms with van der Waals surface area (Å²) in [6.07, 6.45) is 4.86. The van der Waals surface area contributed by atoms with Crippen molar-refractivity contribution in [2.75, 3.05) is 20.2 Å². The third kappa shape index (κ3) is 3.67. The first-order chi connectivity index (χ1) is 13.2. The summed E-state index contributed by atoms with van der Waals surface area (Å²) < 4.78 is 11.1. The Hall–Kier alpha value is -3.22. The largest absolute Gasteiger partial charge is 0.497 e. The lowest BCUT2D eigenvalue weighted by Crippen LogP contribution is -2.38. The van der Waals surface area contributed by atoms with Crippen LogP contribution in [0.1, 0.15) is 35.0 Å². The summed E-state index contributed by atoms with van der Waals surface area (Å²) >= 11 is 0. The zero-order valence-corrected chi connectivity index (χ0v) is 15.0. The number of aromatic nitrogens is 3. The van der Waals surface area contributed by atoms with E-state index in [-0.39, 0.29) is 11.8 Å². The molecule has 1 aliphatic rings. The van der Waals surface area contributed by atoms with Crippen molar-refractivity contribution < 1.29 is 13.9 Å². The Morgan fingerprint density at radius 2 is 2.04 bits per heavy atom. The van der Waals surface area contributed by atoms with E-state index in [9.17, 15) is 4.79 Å². The number of pyridine rings is 1. The average molecular weight is 364 g/mol. The highest BCUT2D eigenvalue weighted by Gasteiger charge is 2.28. The highest BCUT2D eigenvalue weighted by molar-refractivity contribution is 5.93. The molecule has 0 unspecified atom stereocenters. The molecule has 0 radical (unpaired) electrons. The molecule has 7 heteroatoms. The first kappa shape index (κ1) is 17.2. The minimum absolute atomic E-state index is 0.0177. The molecule has 0 spiro atoms. The monoisotopic (exact) mass is 364 g/mol. The van der Waals surface area contributed by atoms with E-state index in [4.69, 9.17) is 9.15 Å². The molecule has 138 valence electrons. The minimum atomic E-state index is 0.0177. The fourth-order valence-corrected chi connectivity index (χ4v) is 3.27. The van der Waals surface area contributed by atoms with Crippen LogP contribution in [0, 0.1) is 0 Å². The maximum Gasteiger partial charge on any atom is 0.255 e. The van der Waals surface area contributed by atoms with Gasteiger partial charge in [0.05, 0.1) is 12.7 Å². The summed E-state index contributed by atoms with van der Waals surface area (Å²) in [6, 6.07) is 11.1. The quantitative estimate of drug-likeness (QED) is 0.707. The summed E-state index contributed by atoms with van der Waals surface area (Å²) in [5.41, 5.74) is 1.45. The number of nitrogens with zero attached hydrogens (tertiary/aromatic N) is 4. The van der Waals surface area contributed by atoms with Crippen molar-refractivity contribution in [2.45, 2.75) is 18.8 Å². The molecule has 0 aliphatic carbocycles. The number of piperidine rings is 1. The topological polar surface area (TPSA) is 81.4 Å². The molecule has 3 aromatic rings. The summed E-state index contributed by atoms with van der Waals surface area (Å²) in [5, 5.41) is 8.41. The molecular formula is C20H20N4O3. The van der Waals surface area contributed by atoms with E-state index in [2.05, 4.69) is 15.2 Å².